The second kappa shape index (κ2) is 5.82. The van der Waals surface area contributed by atoms with E-state index in [4.69, 9.17) is 5.11 Å². The molecule has 0 radical (unpaired) electrons. The zero-order valence-corrected chi connectivity index (χ0v) is 11.5. The van der Waals surface area contributed by atoms with Gasteiger partial charge in [0, 0.05) is 31.3 Å². The minimum absolute atomic E-state index is 0.0540. The number of hydrogen-bond donors (Lipinski definition) is 3. The average molecular weight is 292 g/mol. The Morgan fingerprint density at radius 3 is 2.67 bits per heavy atom. The number of rotatable bonds is 4. The van der Waals surface area contributed by atoms with E-state index in [-0.39, 0.29) is 23.8 Å². The molecule has 7 heteroatoms. The number of nitrogens with one attached hydrogen (secondary N) is 1. The third-order valence-corrected chi connectivity index (χ3v) is 3.46. The Balaban J connectivity index is 2.05. The fourth-order valence-electron chi connectivity index (χ4n) is 2.29. The largest absolute Gasteiger partial charge is 0.507 e. The summed E-state index contributed by atoms with van der Waals surface area (Å²) in [5.41, 5.74) is 0.0612. The monoisotopic (exact) mass is 292 g/mol. The van der Waals surface area contributed by atoms with Crippen LogP contribution in [-0.4, -0.2) is 46.0 Å². The quantitative estimate of drug-likeness (QED) is 0.764. The van der Waals surface area contributed by atoms with E-state index in [0.717, 1.165) is 0 Å². The molecule has 21 heavy (non-hydrogen) atoms. The van der Waals surface area contributed by atoms with Gasteiger partial charge in [0.2, 0.25) is 11.8 Å². The Kier molecular flexibility index (Phi) is 4.11. The highest BCUT2D eigenvalue weighted by Gasteiger charge is 2.33. The Morgan fingerprint density at radius 1 is 1.43 bits per heavy atom. The van der Waals surface area contributed by atoms with Crippen LogP contribution in [0.2, 0.25) is 0 Å². The van der Waals surface area contributed by atoms with Gasteiger partial charge < -0.3 is 20.4 Å². The van der Waals surface area contributed by atoms with Crippen molar-refractivity contribution in [3.63, 3.8) is 0 Å². The number of carbonyl (C=O) groups is 3. The van der Waals surface area contributed by atoms with Gasteiger partial charge >= 0.3 is 5.97 Å². The number of phenols is 1. The Morgan fingerprint density at radius 2 is 2.14 bits per heavy atom. The van der Waals surface area contributed by atoms with Gasteiger partial charge in [-0.1, -0.05) is 0 Å². The fourth-order valence-corrected chi connectivity index (χ4v) is 2.29. The molecule has 0 saturated carbocycles. The van der Waals surface area contributed by atoms with Crippen LogP contribution in [0.3, 0.4) is 0 Å². The predicted molar refractivity (Wildman–Crippen MR) is 74.1 cm³/mol. The molecular formula is C14H16N2O5. The summed E-state index contributed by atoms with van der Waals surface area (Å²) in [7, 11) is 0. The van der Waals surface area contributed by atoms with Crippen LogP contribution in [0.4, 0.5) is 5.69 Å². The highest BCUT2D eigenvalue weighted by Crippen LogP contribution is 2.24. The second-order valence-corrected chi connectivity index (χ2v) is 4.86. The summed E-state index contributed by atoms with van der Waals surface area (Å²) in [6.45, 7) is 2.79. The standard InChI is InChI=1S/C14H16N2O5/c1-2-16-7-8(5-12(16)18)13(19)15-9-3-4-10(14(20)21)11(17)6-9/h3-4,6,8,17H,2,5,7H2,1H3,(H,15,19)(H,20,21). The predicted octanol–water partition coefficient (Wildman–Crippen LogP) is 0.897. The molecule has 0 aliphatic carbocycles. The molecule has 0 spiro atoms. The van der Waals surface area contributed by atoms with Gasteiger partial charge in [0.05, 0.1) is 5.92 Å². The molecule has 1 unspecified atom stereocenters. The van der Waals surface area contributed by atoms with Crippen LogP contribution in [0.25, 0.3) is 0 Å². The number of amides is 2. The first kappa shape index (κ1) is 14.8. The van der Waals surface area contributed by atoms with Crippen LogP contribution in [0.15, 0.2) is 18.2 Å². The first-order chi connectivity index (χ1) is 9.92. The third kappa shape index (κ3) is 3.13. The molecule has 1 saturated heterocycles. The molecule has 2 rings (SSSR count). The lowest BCUT2D eigenvalue weighted by atomic mass is 10.1. The highest BCUT2D eigenvalue weighted by atomic mass is 16.4. The Labute approximate surface area is 121 Å². The summed E-state index contributed by atoms with van der Waals surface area (Å²) in [6, 6.07) is 3.79. The first-order valence-electron chi connectivity index (χ1n) is 6.57. The van der Waals surface area contributed by atoms with E-state index in [2.05, 4.69) is 5.32 Å². The molecule has 1 atom stereocenters. The molecule has 1 aliphatic heterocycles. The molecule has 3 N–H and O–H groups in total. The van der Waals surface area contributed by atoms with E-state index in [1.54, 1.807) is 4.90 Å². The SMILES string of the molecule is CCN1CC(C(=O)Nc2ccc(C(=O)O)c(O)c2)CC1=O. The van der Waals surface area contributed by atoms with Gasteiger partial charge in [0.15, 0.2) is 0 Å². The fraction of sp³-hybridized carbons (Fsp3) is 0.357. The maximum absolute atomic E-state index is 12.1. The summed E-state index contributed by atoms with van der Waals surface area (Å²) >= 11 is 0. The van der Waals surface area contributed by atoms with Crippen molar-refractivity contribution in [1.29, 1.82) is 0 Å². The maximum atomic E-state index is 12.1. The van der Waals surface area contributed by atoms with Gasteiger partial charge in [-0.05, 0) is 19.1 Å². The van der Waals surface area contributed by atoms with Crippen molar-refractivity contribution in [1.82, 2.24) is 4.90 Å². The van der Waals surface area contributed by atoms with Crippen molar-refractivity contribution >= 4 is 23.5 Å². The van der Waals surface area contributed by atoms with E-state index in [9.17, 15) is 19.5 Å². The van der Waals surface area contributed by atoms with Crippen LogP contribution in [0.1, 0.15) is 23.7 Å². The van der Waals surface area contributed by atoms with E-state index < -0.39 is 17.6 Å². The molecule has 1 aromatic carbocycles. The number of nitrogens with zero attached hydrogens (tertiary/aromatic N) is 1. The van der Waals surface area contributed by atoms with Crippen LogP contribution < -0.4 is 5.32 Å². The smallest absolute Gasteiger partial charge is 0.339 e. The maximum Gasteiger partial charge on any atom is 0.339 e. The molecule has 1 heterocycles. The number of aromatic hydroxyl groups is 1. The van der Waals surface area contributed by atoms with Crippen molar-refractivity contribution in [3.05, 3.63) is 23.8 Å². The second-order valence-electron chi connectivity index (χ2n) is 4.86. The lowest BCUT2D eigenvalue weighted by Crippen LogP contribution is -2.28. The molecule has 0 bridgehead atoms. The van der Waals surface area contributed by atoms with Crippen molar-refractivity contribution < 1.29 is 24.6 Å². The van der Waals surface area contributed by atoms with E-state index in [0.29, 0.717) is 18.8 Å². The van der Waals surface area contributed by atoms with Crippen molar-refractivity contribution in [2.45, 2.75) is 13.3 Å². The number of aromatic carboxylic acids is 1. The number of hydrogen-bond acceptors (Lipinski definition) is 4. The van der Waals surface area contributed by atoms with Crippen molar-refractivity contribution in [2.24, 2.45) is 5.92 Å². The van der Waals surface area contributed by atoms with Crippen molar-refractivity contribution in [3.8, 4) is 5.75 Å². The van der Waals surface area contributed by atoms with E-state index in [1.807, 2.05) is 6.92 Å². The minimum Gasteiger partial charge on any atom is -0.507 e. The van der Waals surface area contributed by atoms with Crippen LogP contribution in [0, 0.1) is 5.92 Å². The minimum atomic E-state index is -1.25. The molecule has 7 nitrogen and oxygen atoms in total. The Bertz CT molecular complexity index is 599. The van der Waals surface area contributed by atoms with Gasteiger partial charge in [0.25, 0.3) is 0 Å². The first-order valence-corrected chi connectivity index (χ1v) is 6.57. The summed E-state index contributed by atoms with van der Waals surface area (Å²) < 4.78 is 0. The molecule has 1 aromatic rings. The molecule has 1 fully saturated rings. The highest BCUT2D eigenvalue weighted by molar-refractivity contribution is 5.98. The number of carboxylic acid groups (broad SMARTS) is 1. The number of anilines is 1. The summed E-state index contributed by atoms with van der Waals surface area (Å²) in [5.74, 6) is -2.47. The Hall–Kier alpha value is -2.57. The number of carbonyl (C=O) groups excluding carboxylic acids is 2. The molecule has 112 valence electrons. The molecular weight excluding hydrogens is 276 g/mol. The van der Waals surface area contributed by atoms with Gasteiger partial charge in [-0.25, -0.2) is 4.79 Å². The van der Waals surface area contributed by atoms with Gasteiger partial charge in [-0.3, -0.25) is 9.59 Å². The molecule has 0 aromatic heterocycles. The summed E-state index contributed by atoms with van der Waals surface area (Å²) in [6.07, 6.45) is 0.166. The van der Waals surface area contributed by atoms with E-state index >= 15 is 0 Å². The zero-order chi connectivity index (χ0) is 15.6. The van der Waals surface area contributed by atoms with E-state index in [1.165, 1.54) is 18.2 Å². The number of benzene rings is 1. The molecule has 1 aliphatic rings. The van der Waals surface area contributed by atoms with Gasteiger partial charge in [0.1, 0.15) is 11.3 Å². The third-order valence-electron chi connectivity index (χ3n) is 3.46. The van der Waals surface area contributed by atoms with Crippen LogP contribution >= 0.6 is 0 Å². The summed E-state index contributed by atoms with van der Waals surface area (Å²) in [4.78, 5) is 36.0. The van der Waals surface area contributed by atoms with Crippen LogP contribution in [0.5, 0.6) is 5.75 Å². The normalized spacial score (nSPS) is 17.9. The average Bonchev–Trinajstić information content (AvgIpc) is 2.79. The topological polar surface area (TPSA) is 107 Å². The number of carboxylic acids is 1. The lowest BCUT2D eigenvalue weighted by Gasteiger charge is -2.14. The van der Waals surface area contributed by atoms with Crippen molar-refractivity contribution in [2.75, 3.05) is 18.4 Å². The lowest BCUT2D eigenvalue weighted by molar-refractivity contribution is -0.128. The summed E-state index contributed by atoms with van der Waals surface area (Å²) in [5, 5.41) is 21.0. The zero-order valence-electron chi connectivity index (χ0n) is 11.5. The van der Waals surface area contributed by atoms with Crippen LogP contribution in [-0.2, 0) is 9.59 Å². The molecule has 2 amide bonds. The van der Waals surface area contributed by atoms with Gasteiger partial charge in [-0.2, -0.15) is 0 Å². The van der Waals surface area contributed by atoms with Gasteiger partial charge in [-0.15, -0.1) is 0 Å². The number of likely N-dealkylation sites (tertiary alicyclic amines) is 1.